The van der Waals surface area contributed by atoms with Crippen molar-refractivity contribution < 1.29 is 9.13 Å². The number of hydrogen-bond acceptors (Lipinski definition) is 3. The minimum Gasteiger partial charge on any atom is -0.494 e. The van der Waals surface area contributed by atoms with Gasteiger partial charge >= 0.3 is 0 Å². The predicted molar refractivity (Wildman–Crippen MR) is 75.9 cm³/mol. The molecule has 1 fully saturated rings. The lowest BCUT2D eigenvalue weighted by Gasteiger charge is -2.20. The van der Waals surface area contributed by atoms with Gasteiger partial charge in [0.25, 0.3) is 0 Å². The van der Waals surface area contributed by atoms with Gasteiger partial charge in [0.05, 0.1) is 13.2 Å². The molecular formula is C16H21FN2O. The quantitative estimate of drug-likeness (QED) is 0.853. The molecule has 1 aromatic rings. The third kappa shape index (κ3) is 3.71. The first-order chi connectivity index (χ1) is 9.74. The molecule has 1 unspecified atom stereocenters. The molecule has 0 heterocycles. The summed E-state index contributed by atoms with van der Waals surface area (Å²) in [7, 11) is 1.43. The van der Waals surface area contributed by atoms with Gasteiger partial charge in [-0.1, -0.05) is 31.7 Å². The molecule has 0 aliphatic heterocycles. The van der Waals surface area contributed by atoms with Crippen molar-refractivity contribution in [1.82, 2.24) is 5.32 Å². The predicted octanol–water partition coefficient (Wildman–Crippen LogP) is 3.71. The molecule has 0 bridgehead atoms. The van der Waals surface area contributed by atoms with E-state index in [2.05, 4.69) is 11.4 Å². The lowest BCUT2D eigenvalue weighted by atomic mass is 10.0. The van der Waals surface area contributed by atoms with E-state index in [-0.39, 0.29) is 5.75 Å². The Morgan fingerprint density at radius 2 is 2.00 bits per heavy atom. The summed E-state index contributed by atoms with van der Waals surface area (Å²) in [5, 5.41) is 12.7. The zero-order chi connectivity index (χ0) is 14.4. The topological polar surface area (TPSA) is 45.0 Å². The van der Waals surface area contributed by atoms with Crippen molar-refractivity contribution in [3.8, 4) is 11.8 Å². The van der Waals surface area contributed by atoms with Crippen LogP contribution in [-0.4, -0.2) is 13.2 Å². The highest BCUT2D eigenvalue weighted by Crippen LogP contribution is 2.24. The van der Waals surface area contributed by atoms with Gasteiger partial charge in [-0.2, -0.15) is 5.26 Å². The van der Waals surface area contributed by atoms with Gasteiger partial charge in [-0.15, -0.1) is 0 Å². The van der Waals surface area contributed by atoms with E-state index in [1.54, 1.807) is 12.1 Å². The van der Waals surface area contributed by atoms with Gasteiger partial charge in [-0.3, -0.25) is 5.32 Å². The number of nitriles is 1. The number of hydrogen-bond donors (Lipinski definition) is 1. The van der Waals surface area contributed by atoms with Crippen molar-refractivity contribution in [1.29, 1.82) is 5.26 Å². The molecule has 108 valence electrons. The van der Waals surface area contributed by atoms with Crippen LogP contribution in [0.1, 0.15) is 50.1 Å². The molecule has 1 saturated carbocycles. The average Bonchev–Trinajstić information content (AvgIpc) is 2.73. The first-order valence-electron chi connectivity index (χ1n) is 7.23. The summed E-state index contributed by atoms with van der Waals surface area (Å²) in [5.74, 6) is -0.215. The number of benzene rings is 1. The Morgan fingerprint density at radius 1 is 1.30 bits per heavy atom. The molecule has 0 saturated heterocycles. The highest BCUT2D eigenvalue weighted by molar-refractivity contribution is 5.33. The van der Waals surface area contributed by atoms with Gasteiger partial charge in [-0.25, -0.2) is 4.39 Å². The highest BCUT2D eigenvalue weighted by atomic mass is 19.1. The van der Waals surface area contributed by atoms with Crippen molar-refractivity contribution in [3.63, 3.8) is 0 Å². The third-order valence-corrected chi connectivity index (χ3v) is 3.90. The van der Waals surface area contributed by atoms with Crippen molar-refractivity contribution in [2.24, 2.45) is 0 Å². The smallest absolute Gasteiger partial charge is 0.165 e. The Labute approximate surface area is 119 Å². The average molecular weight is 276 g/mol. The van der Waals surface area contributed by atoms with Crippen LogP contribution in [0.5, 0.6) is 5.75 Å². The van der Waals surface area contributed by atoms with Crippen molar-refractivity contribution in [2.45, 2.75) is 50.6 Å². The van der Waals surface area contributed by atoms with Crippen molar-refractivity contribution in [2.75, 3.05) is 7.11 Å². The number of halogens is 1. The van der Waals surface area contributed by atoms with Gasteiger partial charge in [0.15, 0.2) is 11.6 Å². The molecule has 1 aromatic carbocycles. The SMILES string of the molecule is COc1ccc(C(C#N)NC2CCCCCC2)cc1F. The zero-order valence-corrected chi connectivity index (χ0v) is 11.9. The molecular weight excluding hydrogens is 255 g/mol. The first-order valence-corrected chi connectivity index (χ1v) is 7.23. The lowest BCUT2D eigenvalue weighted by molar-refractivity contribution is 0.385. The fourth-order valence-electron chi connectivity index (χ4n) is 2.75. The van der Waals surface area contributed by atoms with E-state index in [0.29, 0.717) is 11.6 Å². The van der Waals surface area contributed by atoms with Crippen LogP contribution < -0.4 is 10.1 Å². The summed E-state index contributed by atoms with van der Waals surface area (Å²) < 4.78 is 18.6. The minimum absolute atomic E-state index is 0.208. The van der Waals surface area contributed by atoms with Gasteiger partial charge in [0, 0.05) is 6.04 Å². The summed E-state index contributed by atoms with van der Waals surface area (Å²) in [6.07, 6.45) is 7.13. The molecule has 1 atom stereocenters. The van der Waals surface area contributed by atoms with Crippen LogP contribution in [0.25, 0.3) is 0 Å². The maximum atomic E-state index is 13.7. The normalized spacial score (nSPS) is 18.1. The number of nitrogens with one attached hydrogen (secondary N) is 1. The van der Waals surface area contributed by atoms with Crippen LogP contribution in [0, 0.1) is 17.1 Å². The second-order valence-electron chi connectivity index (χ2n) is 5.31. The van der Waals surface area contributed by atoms with E-state index in [0.717, 1.165) is 12.8 Å². The van der Waals surface area contributed by atoms with E-state index in [4.69, 9.17) is 4.74 Å². The third-order valence-electron chi connectivity index (χ3n) is 3.90. The zero-order valence-electron chi connectivity index (χ0n) is 11.9. The Morgan fingerprint density at radius 3 is 2.55 bits per heavy atom. The summed E-state index contributed by atoms with van der Waals surface area (Å²) in [5.41, 5.74) is 0.662. The summed E-state index contributed by atoms with van der Waals surface area (Å²) >= 11 is 0. The summed E-state index contributed by atoms with van der Waals surface area (Å²) in [6, 6.07) is 6.83. The van der Waals surface area contributed by atoms with E-state index >= 15 is 0 Å². The second-order valence-corrected chi connectivity index (χ2v) is 5.31. The van der Waals surface area contributed by atoms with Crippen LogP contribution >= 0.6 is 0 Å². The van der Waals surface area contributed by atoms with Crippen LogP contribution in [0.2, 0.25) is 0 Å². The van der Waals surface area contributed by atoms with Crippen molar-refractivity contribution in [3.05, 3.63) is 29.6 Å². The van der Waals surface area contributed by atoms with E-state index in [1.807, 2.05) is 0 Å². The van der Waals surface area contributed by atoms with E-state index < -0.39 is 11.9 Å². The van der Waals surface area contributed by atoms with E-state index in [1.165, 1.54) is 38.9 Å². The maximum absolute atomic E-state index is 13.7. The minimum atomic E-state index is -0.460. The number of rotatable bonds is 4. The Kier molecular flexibility index (Phi) is 5.37. The van der Waals surface area contributed by atoms with Crippen LogP contribution in [0.3, 0.4) is 0 Å². The summed E-state index contributed by atoms with van der Waals surface area (Å²) in [6.45, 7) is 0. The molecule has 0 radical (unpaired) electrons. The Bertz CT molecular complexity index is 476. The maximum Gasteiger partial charge on any atom is 0.165 e. The van der Waals surface area contributed by atoms with Gasteiger partial charge < -0.3 is 4.74 Å². The standard InChI is InChI=1S/C16H21FN2O/c1-20-16-9-8-12(10-14(16)17)15(11-18)19-13-6-4-2-3-5-7-13/h8-10,13,15,19H,2-7H2,1H3. The largest absolute Gasteiger partial charge is 0.494 e. The van der Waals surface area contributed by atoms with Gasteiger partial charge in [0.2, 0.25) is 0 Å². The highest BCUT2D eigenvalue weighted by Gasteiger charge is 2.19. The molecule has 1 aliphatic carbocycles. The fraction of sp³-hybridized carbons (Fsp3) is 0.562. The molecule has 1 aliphatic rings. The lowest BCUT2D eigenvalue weighted by Crippen LogP contribution is -2.31. The molecule has 0 spiro atoms. The Hall–Kier alpha value is -1.60. The first kappa shape index (κ1) is 14.8. The fourth-order valence-corrected chi connectivity index (χ4v) is 2.75. The number of nitrogens with zero attached hydrogens (tertiary/aromatic N) is 1. The molecule has 2 rings (SSSR count). The molecule has 0 aromatic heterocycles. The van der Waals surface area contributed by atoms with Crippen LogP contribution in [-0.2, 0) is 0 Å². The number of ether oxygens (including phenoxy) is 1. The van der Waals surface area contributed by atoms with Crippen LogP contribution in [0.15, 0.2) is 18.2 Å². The van der Waals surface area contributed by atoms with Gasteiger partial charge in [-0.05, 0) is 30.5 Å². The number of methoxy groups -OCH3 is 1. The van der Waals surface area contributed by atoms with Crippen molar-refractivity contribution >= 4 is 0 Å². The molecule has 20 heavy (non-hydrogen) atoms. The monoisotopic (exact) mass is 276 g/mol. The van der Waals surface area contributed by atoms with Gasteiger partial charge in [0.1, 0.15) is 6.04 Å². The van der Waals surface area contributed by atoms with Crippen LogP contribution in [0.4, 0.5) is 4.39 Å². The molecule has 1 N–H and O–H groups in total. The Balaban J connectivity index is 2.07. The molecule has 0 amide bonds. The molecule has 4 heteroatoms. The van der Waals surface area contributed by atoms with E-state index in [9.17, 15) is 9.65 Å². The molecule has 3 nitrogen and oxygen atoms in total. The summed E-state index contributed by atoms with van der Waals surface area (Å²) in [4.78, 5) is 0. The second kappa shape index (κ2) is 7.25.